The molecule has 0 aliphatic carbocycles. The fourth-order valence-corrected chi connectivity index (χ4v) is 4.18. The van der Waals surface area contributed by atoms with Gasteiger partial charge < -0.3 is 23.8 Å². The maximum atomic E-state index is 13.6. The predicted octanol–water partition coefficient (Wildman–Crippen LogP) is 2.90. The van der Waals surface area contributed by atoms with Crippen LogP contribution in [-0.2, 0) is 19.7 Å². The van der Waals surface area contributed by atoms with Gasteiger partial charge in [-0.2, -0.15) is 0 Å². The maximum Gasteiger partial charge on any atom is 0.305 e. The highest BCUT2D eigenvalue weighted by Gasteiger charge is 2.56. The zero-order chi connectivity index (χ0) is 21.1. The van der Waals surface area contributed by atoms with Gasteiger partial charge in [0.05, 0.1) is 6.61 Å². The first-order valence-electron chi connectivity index (χ1n) is 10.1. The molecule has 0 saturated carbocycles. The summed E-state index contributed by atoms with van der Waals surface area (Å²) in [6.45, 7) is 7.17. The molecule has 3 heterocycles. The summed E-state index contributed by atoms with van der Waals surface area (Å²) in [5, 5.41) is 0. The Balaban J connectivity index is 1.63. The number of esters is 1. The number of nitrogens with zero attached hydrogens (tertiary/aromatic N) is 1. The molecular weight excluding hydrogens is 386 g/mol. The lowest BCUT2D eigenvalue weighted by molar-refractivity contribution is -0.143. The molecule has 0 aromatic heterocycles. The van der Waals surface area contributed by atoms with E-state index in [1.165, 1.54) is 0 Å². The van der Waals surface area contributed by atoms with Gasteiger partial charge in [-0.25, -0.2) is 0 Å². The summed E-state index contributed by atoms with van der Waals surface area (Å²) in [5.74, 6) is 1.61. The Labute approximate surface area is 175 Å². The van der Waals surface area contributed by atoms with Crippen molar-refractivity contribution in [2.75, 3.05) is 33.1 Å². The van der Waals surface area contributed by atoms with E-state index in [0.29, 0.717) is 43.4 Å². The normalized spacial score (nSPS) is 22.8. The van der Waals surface area contributed by atoms with Crippen molar-refractivity contribution in [3.05, 3.63) is 54.2 Å². The summed E-state index contributed by atoms with van der Waals surface area (Å²) in [6, 6.07) is 3.65. The molecule has 1 spiro atoms. The number of hydrogen-bond donors (Lipinski definition) is 0. The highest BCUT2D eigenvalue weighted by Crippen LogP contribution is 2.52. The van der Waals surface area contributed by atoms with E-state index in [-0.39, 0.29) is 31.7 Å². The summed E-state index contributed by atoms with van der Waals surface area (Å²) in [5.41, 5.74) is 0.841. The number of rotatable bonds is 7. The van der Waals surface area contributed by atoms with Crippen LogP contribution in [0.5, 0.6) is 17.2 Å². The van der Waals surface area contributed by atoms with Crippen LogP contribution in [0.4, 0.5) is 0 Å². The molecule has 1 unspecified atom stereocenters. The van der Waals surface area contributed by atoms with E-state index in [4.69, 9.17) is 18.9 Å². The second-order valence-corrected chi connectivity index (χ2v) is 7.34. The Morgan fingerprint density at radius 1 is 1.23 bits per heavy atom. The maximum absolute atomic E-state index is 13.6. The molecule has 1 saturated heterocycles. The Morgan fingerprint density at radius 3 is 2.80 bits per heavy atom. The van der Waals surface area contributed by atoms with Crippen LogP contribution < -0.4 is 14.2 Å². The van der Waals surface area contributed by atoms with E-state index in [9.17, 15) is 9.59 Å². The van der Waals surface area contributed by atoms with E-state index in [0.717, 1.165) is 11.1 Å². The molecule has 0 radical (unpaired) electrons. The Hall–Kier alpha value is -3.22. The molecule has 158 valence electrons. The molecule has 1 amide bonds. The molecule has 30 heavy (non-hydrogen) atoms. The summed E-state index contributed by atoms with van der Waals surface area (Å²) >= 11 is 0. The molecule has 1 aromatic carbocycles. The highest BCUT2D eigenvalue weighted by atomic mass is 16.7. The average molecular weight is 411 g/mol. The van der Waals surface area contributed by atoms with Crippen LogP contribution >= 0.6 is 0 Å². The zero-order valence-corrected chi connectivity index (χ0v) is 17.0. The number of allylic oxidation sites excluding steroid dienone is 4. The van der Waals surface area contributed by atoms with Crippen molar-refractivity contribution >= 4 is 11.9 Å². The number of hydrogen-bond acceptors (Lipinski definition) is 6. The van der Waals surface area contributed by atoms with Crippen molar-refractivity contribution in [1.82, 2.24) is 4.90 Å². The summed E-state index contributed by atoms with van der Waals surface area (Å²) in [7, 11) is 0. The minimum absolute atomic E-state index is 0.0257. The molecule has 0 N–H and O–H groups in total. The number of benzene rings is 1. The third-order valence-electron chi connectivity index (χ3n) is 5.60. The Morgan fingerprint density at radius 2 is 2.03 bits per heavy atom. The number of ether oxygens (including phenoxy) is 4. The van der Waals surface area contributed by atoms with Crippen LogP contribution in [0.3, 0.4) is 0 Å². The number of carbonyl (C=O) groups excluding carboxylic acids is 2. The quantitative estimate of drug-likeness (QED) is 0.507. The minimum Gasteiger partial charge on any atom is -0.491 e. The molecule has 1 atom stereocenters. The minimum atomic E-state index is -0.897. The molecule has 1 aromatic rings. The lowest BCUT2D eigenvalue weighted by Gasteiger charge is -2.22. The van der Waals surface area contributed by atoms with Crippen LogP contribution in [0, 0.1) is 0 Å². The fraction of sp³-hybridized carbons (Fsp3) is 0.391. The van der Waals surface area contributed by atoms with Gasteiger partial charge in [-0.1, -0.05) is 30.9 Å². The van der Waals surface area contributed by atoms with Crippen LogP contribution in [0.1, 0.15) is 25.3 Å². The number of amides is 1. The molecule has 0 bridgehead atoms. The van der Waals surface area contributed by atoms with Crippen molar-refractivity contribution < 1.29 is 28.5 Å². The fourth-order valence-electron chi connectivity index (χ4n) is 4.18. The van der Waals surface area contributed by atoms with Gasteiger partial charge in [-0.15, -0.1) is 0 Å². The van der Waals surface area contributed by atoms with Gasteiger partial charge >= 0.3 is 5.97 Å². The first kappa shape index (κ1) is 20.1. The van der Waals surface area contributed by atoms with Gasteiger partial charge in [-0.05, 0) is 25.0 Å². The van der Waals surface area contributed by atoms with Crippen LogP contribution in [0.2, 0.25) is 0 Å². The third kappa shape index (κ3) is 3.34. The second kappa shape index (κ2) is 8.26. The van der Waals surface area contributed by atoms with Crippen molar-refractivity contribution in [3.8, 4) is 17.2 Å². The number of carbonyl (C=O) groups is 2. The SMILES string of the molecule is C=C/C=C\C=C1/CN(CCCC(=O)OCC)C(=O)C12COc1cc3c(cc12)OCO3. The largest absolute Gasteiger partial charge is 0.491 e. The van der Waals surface area contributed by atoms with E-state index in [2.05, 4.69) is 6.58 Å². The van der Waals surface area contributed by atoms with Crippen LogP contribution in [0.15, 0.2) is 48.6 Å². The van der Waals surface area contributed by atoms with Crippen molar-refractivity contribution in [2.45, 2.75) is 25.2 Å². The average Bonchev–Trinajstić information content (AvgIpc) is 3.40. The van der Waals surface area contributed by atoms with Gasteiger partial charge in [0.1, 0.15) is 17.8 Å². The van der Waals surface area contributed by atoms with E-state index < -0.39 is 5.41 Å². The third-order valence-corrected chi connectivity index (χ3v) is 5.60. The Bertz CT molecular complexity index is 934. The Kier molecular flexibility index (Phi) is 5.53. The zero-order valence-electron chi connectivity index (χ0n) is 17.0. The van der Waals surface area contributed by atoms with Crippen LogP contribution in [0.25, 0.3) is 0 Å². The molecule has 7 heteroatoms. The smallest absolute Gasteiger partial charge is 0.305 e. The topological polar surface area (TPSA) is 74.3 Å². The molecule has 7 nitrogen and oxygen atoms in total. The van der Waals surface area contributed by atoms with E-state index >= 15 is 0 Å². The van der Waals surface area contributed by atoms with Crippen molar-refractivity contribution in [2.24, 2.45) is 0 Å². The van der Waals surface area contributed by atoms with Gasteiger partial charge in [0.2, 0.25) is 12.7 Å². The molecule has 3 aliphatic heterocycles. The first-order chi connectivity index (χ1) is 14.6. The first-order valence-corrected chi connectivity index (χ1v) is 10.1. The van der Waals surface area contributed by atoms with Crippen molar-refractivity contribution in [1.29, 1.82) is 0 Å². The van der Waals surface area contributed by atoms with Crippen LogP contribution in [-0.4, -0.2) is 49.9 Å². The number of fused-ring (bicyclic) bond motifs is 3. The van der Waals surface area contributed by atoms with E-state index in [1.807, 2.05) is 24.3 Å². The van der Waals surface area contributed by atoms with E-state index in [1.54, 1.807) is 24.0 Å². The lowest BCUT2D eigenvalue weighted by atomic mass is 9.77. The lowest BCUT2D eigenvalue weighted by Crippen LogP contribution is -2.40. The van der Waals surface area contributed by atoms with Gasteiger partial charge in [-0.3, -0.25) is 9.59 Å². The second-order valence-electron chi connectivity index (χ2n) is 7.34. The monoisotopic (exact) mass is 411 g/mol. The molecule has 3 aliphatic rings. The highest BCUT2D eigenvalue weighted by molar-refractivity contribution is 5.97. The molecule has 4 rings (SSSR count). The summed E-state index contributed by atoms with van der Waals surface area (Å²) in [4.78, 5) is 27.1. The van der Waals surface area contributed by atoms with Crippen molar-refractivity contribution in [3.63, 3.8) is 0 Å². The standard InChI is InChI=1S/C23H25NO6/c1-3-5-6-8-16-13-24(10-7-9-21(25)27-4-2)22(26)23(16)14-28-18-12-20-19(11-17(18)23)29-15-30-20/h3,5-6,8,11-12H,1,4,7,9-10,13-15H2,2H3/b6-5-,16-8+. The molecular formula is C23H25NO6. The molecule has 1 fully saturated rings. The van der Waals surface area contributed by atoms with Gasteiger partial charge in [0.15, 0.2) is 11.5 Å². The summed E-state index contributed by atoms with van der Waals surface area (Å²) < 4.78 is 21.9. The predicted molar refractivity (Wildman–Crippen MR) is 110 cm³/mol. The van der Waals surface area contributed by atoms with Gasteiger partial charge in [0, 0.05) is 31.1 Å². The number of likely N-dealkylation sites (tertiary alicyclic amines) is 1. The summed E-state index contributed by atoms with van der Waals surface area (Å²) in [6.07, 6.45) is 8.18. The van der Waals surface area contributed by atoms with Gasteiger partial charge in [0.25, 0.3) is 0 Å².